The lowest BCUT2D eigenvalue weighted by Crippen LogP contribution is -2.43. The summed E-state index contributed by atoms with van der Waals surface area (Å²) in [4.78, 5) is 0. The quantitative estimate of drug-likeness (QED) is 0.682. The van der Waals surface area contributed by atoms with Crippen LogP contribution in [0.15, 0.2) is 0 Å². The van der Waals surface area contributed by atoms with Crippen LogP contribution in [0.1, 0.15) is 45.4 Å². The van der Waals surface area contributed by atoms with Crippen LogP contribution in [0.2, 0.25) is 0 Å². The van der Waals surface area contributed by atoms with Crippen LogP contribution in [-0.2, 0) is 4.74 Å². The second kappa shape index (κ2) is 4.97. The fourth-order valence-corrected chi connectivity index (χ4v) is 2.16. The molecule has 0 bridgehead atoms. The Balaban J connectivity index is 2.22. The molecule has 0 aliphatic heterocycles. The van der Waals surface area contributed by atoms with E-state index in [1.807, 2.05) is 0 Å². The zero-order valence-corrected chi connectivity index (χ0v) is 9.01. The van der Waals surface area contributed by atoms with Crippen LogP contribution in [0, 0.1) is 5.92 Å². The highest BCUT2D eigenvalue weighted by atomic mass is 16.5. The zero-order chi connectivity index (χ0) is 9.73. The summed E-state index contributed by atoms with van der Waals surface area (Å²) in [6.07, 6.45) is 7.28. The summed E-state index contributed by atoms with van der Waals surface area (Å²) in [6.45, 7) is 3.18. The number of methoxy groups -OCH3 is 1. The number of hydrogen-bond acceptors (Lipinski definition) is 2. The fourth-order valence-electron chi connectivity index (χ4n) is 2.16. The number of ether oxygens (including phenoxy) is 1. The van der Waals surface area contributed by atoms with Crippen LogP contribution in [0.25, 0.3) is 0 Å². The summed E-state index contributed by atoms with van der Waals surface area (Å²) in [6, 6.07) is 0. The van der Waals surface area contributed by atoms with Crippen molar-refractivity contribution in [1.82, 2.24) is 0 Å². The summed E-state index contributed by atoms with van der Waals surface area (Å²) in [5.74, 6) is 0.888. The Kier molecular flexibility index (Phi) is 4.20. The smallest absolute Gasteiger partial charge is 0.0462 e. The topological polar surface area (TPSA) is 35.2 Å². The van der Waals surface area contributed by atoms with Gasteiger partial charge in [-0.25, -0.2) is 0 Å². The summed E-state index contributed by atoms with van der Waals surface area (Å²) in [5.41, 5.74) is 6.44. The molecule has 0 unspecified atom stereocenters. The zero-order valence-electron chi connectivity index (χ0n) is 9.01. The van der Waals surface area contributed by atoms with Gasteiger partial charge in [-0.2, -0.15) is 0 Å². The maximum absolute atomic E-state index is 6.31. The third-order valence-electron chi connectivity index (χ3n) is 3.29. The summed E-state index contributed by atoms with van der Waals surface area (Å²) in [5, 5.41) is 0. The van der Waals surface area contributed by atoms with Gasteiger partial charge >= 0.3 is 0 Å². The van der Waals surface area contributed by atoms with E-state index in [4.69, 9.17) is 10.5 Å². The predicted molar refractivity (Wildman–Crippen MR) is 55.7 cm³/mol. The van der Waals surface area contributed by atoms with E-state index in [0.29, 0.717) is 0 Å². The predicted octanol–water partition coefficient (Wildman–Crippen LogP) is 2.32. The third-order valence-corrected chi connectivity index (χ3v) is 3.29. The Morgan fingerprint density at radius 2 is 2.00 bits per heavy atom. The molecular formula is C11H23NO. The van der Waals surface area contributed by atoms with E-state index in [1.165, 1.54) is 25.7 Å². The monoisotopic (exact) mass is 185 g/mol. The van der Waals surface area contributed by atoms with Crippen molar-refractivity contribution in [1.29, 1.82) is 0 Å². The highest BCUT2D eigenvalue weighted by molar-refractivity contribution is 4.88. The summed E-state index contributed by atoms with van der Waals surface area (Å²) in [7, 11) is 1.76. The standard InChI is InChI=1S/C11H23NO/c1-10-4-7-11(12,8-5-10)6-3-9-13-2/h10H,3-9,12H2,1-2H3. The molecule has 78 valence electrons. The largest absolute Gasteiger partial charge is 0.385 e. The molecule has 2 heteroatoms. The molecule has 0 saturated heterocycles. The van der Waals surface area contributed by atoms with Crippen LogP contribution in [0.4, 0.5) is 0 Å². The van der Waals surface area contributed by atoms with Crippen LogP contribution in [0.5, 0.6) is 0 Å². The first-order chi connectivity index (χ1) is 6.16. The van der Waals surface area contributed by atoms with Crippen LogP contribution < -0.4 is 5.73 Å². The maximum Gasteiger partial charge on any atom is 0.0462 e. The van der Waals surface area contributed by atoms with Gasteiger partial charge in [-0.3, -0.25) is 0 Å². The summed E-state index contributed by atoms with van der Waals surface area (Å²) < 4.78 is 5.04. The number of nitrogens with two attached hydrogens (primary N) is 1. The second-order valence-electron chi connectivity index (χ2n) is 4.64. The van der Waals surface area contributed by atoms with Crippen molar-refractivity contribution in [2.24, 2.45) is 11.7 Å². The molecule has 0 aromatic carbocycles. The Labute approximate surface area is 81.8 Å². The molecule has 1 aliphatic rings. The molecule has 0 aromatic rings. The Bertz CT molecular complexity index is 139. The van der Waals surface area contributed by atoms with Gasteiger partial charge in [0.1, 0.15) is 0 Å². The molecule has 0 amide bonds. The first-order valence-corrected chi connectivity index (χ1v) is 5.44. The Morgan fingerprint density at radius 1 is 1.38 bits per heavy atom. The second-order valence-corrected chi connectivity index (χ2v) is 4.64. The van der Waals surface area contributed by atoms with E-state index in [2.05, 4.69) is 6.92 Å². The minimum absolute atomic E-state index is 0.130. The SMILES string of the molecule is COCCCC1(N)CCC(C)CC1. The van der Waals surface area contributed by atoms with Crippen LogP contribution >= 0.6 is 0 Å². The molecule has 0 atom stereocenters. The van der Waals surface area contributed by atoms with E-state index in [-0.39, 0.29) is 5.54 Å². The van der Waals surface area contributed by atoms with Gasteiger partial charge in [-0.05, 0) is 44.4 Å². The maximum atomic E-state index is 6.31. The number of rotatable bonds is 4. The highest BCUT2D eigenvalue weighted by Crippen LogP contribution is 2.32. The van der Waals surface area contributed by atoms with Crippen molar-refractivity contribution in [2.75, 3.05) is 13.7 Å². The minimum Gasteiger partial charge on any atom is -0.385 e. The van der Waals surface area contributed by atoms with Crippen molar-refractivity contribution < 1.29 is 4.74 Å². The van der Waals surface area contributed by atoms with Crippen LogP contribution in [-0.4, -0.2) is 19.3 Å². The van der Waals surface area contributed by atoms with E-state index in [0.717, 1.165) is 25.4 Å². The molecule has 2 N–H and O–H groups in total. The van der Waals surface area contributed by atoms with E-state index >= 15 is 0 Å². The highest BCUT2D eigenvalue weighted by Gasteiger charge is 2.29. The van der Waals surface area contributed by atoms with Gasteiger partial charge in [0, 0.05) is 19.3 Å². The molecule has 0 heterocycles. The molecule has 1 fully saturated rings. The van der Waals surface area contributed by atoms with Gasteiger partial charge in [-0.15, -0.1) is 0 Å². The Morgan fingerprint density at radius 3 is 2.54 bits per heavy atom. The molecule has 0 spiro atoms. The lowest BCUT2D eigenvalue weighted by atomic mass is 9.75. The van der Waals surface area contributed by atoms with E-state index in [1.54, 1.807) is 7.11 Å². The minimum atomic E-state index is 0.130. The van der Waals surface area contributed by atoms with Crippen LogP contribution in [0.3, 0.4) is 0 Å². The number of hydrogen-bond donors (Lipinski definition) is 1. The van der Waals surface area contributed by atoms with Gasteiger partial charge in [0.25, 0.3) is 0 Å². The lowest BCUT2D eigenvalue weighted by molar-refractivity contribution is 0.166. The van der Waals surface area contributed by atoms with Gasteiger partial charge in [0.15, 0.2) is 0 Å². The van der Waals surface area contributed by atoms with E-state index < -0.39 is 0 Å². The normalized spacial score (nSPS) is 34.8. The summed E-state index contributed by atoms with van der Waals surface area (Å²) >= 11 is 0. The molecule has 2 nitrogen and oxygen atoms in total. The third kappa shape index (κ3) is 3.65. The van der Waals surface area contributed by atoms with Gasteiger partial charge in [-0.1, -0.05) is 6.92 Å². The molecule has 0 aromatic heterocycles. The average molecular weight is 185 g/mol. The van der Waals surface area contributed by atoms with Crippen molar-refractivity contribution >= 4 is 0 Å². The first-order valence-electron chi connectivity index (χ1n) is 5.44. The molecule has 13 heavy (non-hydrogen) atoms. The molecule has 1 aliphatic carbocycles. The first kappa shape index (κ1) is 11.0. The van der Waals surface area contributed by atoms with Crippen molar-refractivity contribution in [3.8, 4) is 0 Å². The van der Waals surface area contributed by atoms with Crippen molar-refractivity contribution in [2.45, 2.75) is 51.0 Å². The lowest BCUT2D eigenvalue weighted by Gasteiger charge is -2.36. The van der Waals surface area contributed by atoms with Gasteiger partial charge in [0.05, 0.1) is 0 Å². The van der Waals surface area contributed by atoms with Crippen molar-refractivity contribution in [3.05, 3.63) is 0 Å². The molecular weight excluding hydrogens is 162 g/mol. The molecule has 1 rings (SSSR count). The van der Waals surface area contributed by atoms with Gasteiger partial charge < -0.3 is 10.5 Å². The fraction of sp³-hybridized carbons (Fsp3) is 1.00. The average Bonchev–Trinajstić information content (AvgIpc) is 2.12. The van der Waals surface area contributed by atoms with E-state index in [9.17, 15) is 0 Å². The van der Waals surface area contributed by atoms with Crippen molar-refractivity contribution in [3.63, 3.8) is 0 Å². The van der Waals surface area contributed by atoms with Gasteiger partial charge in [0.2, 0.25) is 0 Å². The Hall–Kier alpha value is -0.0800. The molecule has 0 radical (unpaired) electrons. The molecule has 1 saturated carbocycles.